The maximum Gasteiger partial charge on any atom is 0.122 e. The van der Waals surface area contributed by atoms with Crippen molar-refractivity contribution in [3.05, 3.63) is 24.0 Å². The van der Waals surface area contributed by atoms with Gasteiger partial charge in [0.05, 0.1) is 5.69 Å². The Morgan fingerprint density at radius 1 is 1.50 bits per heavy atom. The highest BCUT2D eigenvalue weighted by atomic mass is 32.1. The molecule has 1 aliphatic rings. The van der Waals surface area contributed by atoms with Crippen LogP contribution in [0.3, 0.4) is 0 Å². The highest BCUT2D eigenvalue weighted by Gasteiger charge is 2.23. The molecule has 0 aromatic carbocycles. The Hall–Kier alpha value is -1.16. The van der Waals surface area contributed by atoms with E-state index in [1.807, 2.05) is 12.1 Å². The molecule has 1 aromatic heterocycles. The summed E-state index contributed by atoms with van der Waals surface area (Å²) in [5.74, 6) is 0.778. The molecule has 18 heavy (non-hydrogen) atoms. The minimum absolute atomic E-state index is 0.356. The van der Waals surface area contributed by atoms with Crippen LogP contribution in [0.15, 0.2) is 18.3 Å². The van der Waals surface area contributed by atoms with Crippen molar-refractivity contribution < 1.29 is 0 Å². The minimum Gasteiger partial charge on any atom is -0.388 e. The van der Waals surface area contributed by atoms with E-state index in [1.165, 1.54) is 32.1 Å². The second-order valence-corrected chi connectivity index (χ2v) is 5.44. The second-order valence-electron chi connectivity index (χ2n) is 5.00. The van der Waals surface area contributed by atoms with Gasteiger partial charge in [0.25, 0.3) is 0 Å². The summed E-state index contributed by atoms with van der Waals surface area (Å²) in [6.07, 6.45) is 8.28. The van der Waals surface area contributed by atoms with Crippen LogP contribution >= 0.6 is 12.2 Å². The van der Waals surface area contributed by atoms with Gasteiger partial charge in [-0.2, -0.15) is 0 Å². The molecule has 98 valence electrons. The van der Waals surface area contributed by atoms with Crippen LogP contribution in [0.2, 0.25) is 0 Å². The van der Waals surface area contributed by atoms with Crippen LogP contribution in [0.5, 0.6) is 0 Å². The summed E-state index contributed by atoms with van der Waals surface area (Å²) in [5, 5.41) is 3.62. The fourth-order valence-electron chi connectivity index (χ4n) is 2.76. The average molecular weight is 263 g/mol. The lowest BCUT2D eigenvalue weighted by atomic mass is 9.83. The number of anilines is 1. The zero-order chi connectivity index (χ0) is 13.0. The minimum atomic E-state index is 0.356. The van der Waals surface area contributed by atoms with E-state index in [4.69, 9.17) is 18.0 Å². The third-order valence-corrected chi connectivity index (χ3v) is 4.01. The van der Waals surface area contributed by atoms with Crippen molar-refractivity contribution in [2.75, 3.05) is 5.32 Å². The van der Waals surface area contributed by atoms with E-state index < -0.39 is 0 Å². The highest BCUT2D eigenvalue weighted by Crippen LogP contribution is 2.29. The van der Waals surface area contributed by atoms with Crippen molar-refractivity contribution in [1.82, 2.24) is 4.98 Å². The maximum absolute atomic E-state index is 5.61. The Labute approximate surface area is 114 Å². The summed E-state index contributed by atoms with van der Waals surface area (Å²) in [6.45, 7) is 2.28. The van der Waals surface area contributed by atoms with Crippen LogP contribution in [0, 0.1) is 5.92 Å². The summed E-state index contributed by atoms with van der Waals surface area (Å²) in [7, 11) is 0. The number of nitrogens with one attached hydrogen (secondary N) is 1. The number of hydrogen-bond donors (Lipinski definition) is 2. The van der Waals surface area contributed by atoms with E-state index in [2.05, 4.69) is 17.2 Å². The molecule has 3 nitrogen and oxygen atoms in total. The van der Waals surface area contributed by atoms with Gasteiger partial charge in [0.1, 0.15) is 4.99 Å². The lowest BCUT2D eigenvalue weighted by molar-refractivity contribution is 0.317. The molecule has 1 aromatic rings. The Balaban J connectivity index is 2.07. The van der Waals surface area contributed by atoms with Gasteiger partial charge in [-0.3, -0.25) is 4.98 Å². The molecule has 2 unspecified atom stereocenters. The molecule has 2 rings (SSSR count). The number of hydrogen-bond acceptors (Lipinski definition) is 3. The molecule has 1 heterocycles. The zero-order valence-corrected chi connectivity index (χ0v) is 11.7. The van der Waals surface area contributed by atoms with Crippen molar-refractivity contribution in [3.63, 3.8) is 0 Å². The first-order valence-corrected chi connectivity index (χ1v) is 7.14. The highest BCUT2D eigenvalue weighted by molar-refractivity contribution is 7.80. The quantitative estimate of drug-likeness (QED) is 0.820. The van der Waals surface area contributed by atoms with E-state index in [0.717, 1.165) is 11.6 Å². The molecule has 0 aliphatic heterocycles. The van der Waals surface area contributed by atoms with Crippen LogP contribution in [-0.4, -0.2) is 16.0 Å². The van der Waals surface area contributed by atoms with Gasteiger partial charge < -0.3 is 11.1 Å². The monoisotopic (exact) mass is 263 g/mol. The van der Waals surface area contributed by atoms with E-state index in [-0.39, 0.29) is 0 Å². The third-order valence-electron chi connectivity index (χ3n) is 3.80. The summed E-state index contributed by atoms with van der Waals surface area (Å²) in [4.78, 5) is 4.52. The van der Waals surface area contributed by atoms with Crippen LogP contribution < -0.4 is 11.1 Å². The molecule has 2 atom stereocenters. The molecule has 0 saturated heterocycles. The van der Waals surface area contributed by atoms with Crippen molar-refractivity contribution in [2.24, 2.45) is 11.7 Å². The normalized spacial score (nSPS) is 23.6. The summed E-state index contributed by atoms with van der Waals surface area (Å²) >= 11 is 4.96. The molecule has 3 N–H and O–H groups in total. The number of pyridine rings is 1. The van der Waals surface area contributed by atoms with Crippen molar-refractivity contribution in [3.8, 4) is 0 Å². The Bertz CT molecular complexity index is 419. The maximum atomic E-state index is 5.61. The molecular weight excluding hydrogens is 242 g/mol. The van der Waals surface area contributed by atoms with Crippen molar-refractivity contribution in [2.45, 2.75) is 45.1 Å². The Kier molecular flexibility index (Phi) is 4.53. The summed E-state index contributed by atoms with van der Waals surface area (Å²) in [6, 6.07) is 4.51. The van der Waals surface area contributed by atoms with Gasteiger partial charge in [-0.25, -0.2) is 0 Å². The van der Waals surface area contributed by atoms with Gasteiger partial charge in [0.15, 0.2) is 0 Å². The van der Waals surface area contributed by atoms with Gasteiger partial charge in [-0.05, 0) is 30.9 Å². The molecule has 1 fully saturated rings. The van der Waals surface area contributed by atoms with Crippen LogP contribution in [0.25, 0.3) is 0 Å². The Morgan fingerprint density at radius 2 is 2.28 bits per heavy atom. The molecule has 0 spiro atoms. The van der Waals surface area contributed by atoms with Crippen molar-refractivity contribution >= 4 is 22.9 Å². The topological polar surface area (TPSA) is 50.9 Å². The number of nitrogens with two attached hydrogens (primary N) is 1. The molecule has 0 radical (unpaired) electrons. The van der Waals surface area contributed by atoms with Gasteiger partial charge in [-0.15, -0.1) is 0 Å². The molecule has 0 amide bonds. The fraction of sp³-hybridized carbons (Fsp3) is 0.571. The van der Waals surface area contributed by atoms with Gasteiger partial charge in [0.2, 0.25) is 0 Å². The first-order chi connectivity index (χ1) is 8.70. The van der Waals surface area contributed by atoms with Crippen LogP contribution in [0.1, 0.15) is 44.7 Å². The van der Waals surface area contributed by atoms with E-state index in [1.54, 1.807) is 6.20 Å². The lowest BCUT2D eigenvalue weighted by Gasteiger charge is -2.32. The van der Waals surface area contributed by atoms with Crippen LogP contribution in [0.4, 0.5) is 5.69 Å². The SMILES string of the molecule is CCC1CCCCC1Nc1ccnc(C(N)=S)c1. The van der Waals surface area contributed by atoms with Gasteiger partial charge in [0, 0.05) is 17.9 Å². The van der Waals surface area contributed by atoms with Crippen molar-refractivity contribution in [1.29, 1.82) is 0 Å². The predicted molar refractivity (Wildman–Crippen MR) is 79.8 cm³/mol. The number of aromatic nitrogens is 1. The molecule has 1 aliphatic carbocycles. The van der Waals surface area contributed by atoms with E-state index in [9.17, 15) is 0 Å². The number of nitrogens with zero attached hydrogens (tertiary/aromatic N) is 1. The largest absolute Gasteiger partial charge is 0.388 e. The lowest BCUT2D eigenvalue weighted by Crippen LogP contribution is -2.31. The molecule has 1 saturated carbocycles. The third kappa shape index (κ3) is 3.19. The first-order valence-electron chi connectivity index (χ1n) is 6.73. The molecule has 4 heteroatoms. The summed E-state index contributed by atoms with van der Waals surface area (Å²) < 4.78 is 0. The van der Waals surface area contributed by atoms with E-state index in [0.29, 0.717) is 16.7 Å². The van der Waals surface area contributed by atoms with Gasteiger partial charge >= 0.3 is 0 Å². The molecular formula is C14H21N3S. The first kappa shape index (κ1) is 13.3. The van der Waals surface area contributed by atoms with Gasteiger partial charge in [-0.1, -0.05) is 38.4 Å². The molecule has 0 bridgehead atoms. The fourth-order valence-corrected chi connectivity index (χ4v) is 2.87. The summed E-state index contributed by atoms with van der Waals surface area (Å²) in [5.41, 5.74) is 7.39. The number of thiocarbonyl (C=S) groups is 1. The Morgan fingerprint density at radius 3 is 3.00 bits per heavy atom. The average Bonchev–Trinajstić information content (AvgIpc) is 2.39. The van der Waals surface area contributed by atoms with Crippen LogP contribution in [-0.2, 0) is 0 Å². The predicted octanol–water partition coefficient (Wildman–Crippen LogP) is 3.10. The second kappa shape index (κ2) is 6.14. The number of rotatable bonds is 4. The smallest absolute Gasteiger partial charge is 0.122 e. The van der Waals surface area contributed by atoms with E-state index >= 15 is 0 Å². The zero-order valence-electron chi connectivity index (χ0n) is 10.9. The standard InChI is InChI=1S/C14H21N3S/c1-2-10-5-3-4-6-12(10)17-11-7-8-16-13(9-11)14(15)18/h7-10,12H,2-6H2,1H3,(H2,15,18)(H,16,17).